The number of likely N-dealkylation sites (N-methyl/N-ethyl adjacent to an activating group) is 3. The molecule has 7 heteroatoms. The Morgan fingerprint density at radius 2 is 1.84 bits per heavy atom. The van der Waals surface area contributed by atoms with Crippen LogP contribution in [0.5, 0.6) is 11.5 Å². The third kappa shape index (κ3) is 6.48. The number of methoxy groups -OCH3 is 1. The Hall–Kier alpha value is -3.03. The summed E-state index contributed by atoms with van der Waals surface area (Å²) in [4.78, 5) is 4.60. The van der Waals surface area contributed by atoms with Crippen molar-refractivity contribution in [2.75, 3.05) is 58.9 Å². The molecule has 0 saturated carbocycles. The second kappa shape index (κ2) is 12.1. The molecule has 1 heterocycles. The van der Waals surface area contributed by atoms with Gasteiger partial charge in [-0.2, -0.15) is 5.10 Å². The molecule has 0 aliphatic carbocycles. The second-order valence-corrected chi connectivity index (χ2v) is 7.77. The minimum atomic E-state index is 0.604. The molecule has 0 bridgehead atoms. The normalized spacial score (nSPS) is 11.0. The average Bonchev–Trinajstić information content (AvgIpc) is 3.28. The van der Waals surface area contributed by atoms with Crippen molar-refractivity contribution in [3.63, 3.8) is 0 Å². The fraction of sp³-hybridized carbons (Fsp3) is 0.400. The quantitative estimate of drug-likeness (QED) is 0.426. The summed E-state index contributed by atoms with van der Waals surface area (Å²) in [7, 11) is 5.77. The Labute approximate surface area is 191 Å². The summed E-state index contributed by atoms with van der Waals surface area (Å²) in [6.45, 7) is 7.29. The Morgan fingerprint density at radius 1 is 1.06 bits per heavy atom. The van der Waals surface area contributed by atoms with E-state index in [-0.39, 0.29) is 0 Å². The standard InChI is InChI=1S/C25H35N5O2/c1-5-30(15-16-32-24-8-6-7-23(17-24)31-4)22-11-9-20(10-12-22)25-21(18-27-28-25)19-29(3)14-13-26-2/h6-12,17-18,26H,5,13-16,19H2,1-4H3,(H,27,28). The second-order valence-electron chi connectivity index (χ2n) is 7.77. The van der Waals surface area contributed by atoms with Gasteiger partial charge in [0.2, 0.25) is 0 Å². The van der Waals surface area contributed by atoms with Crippen LogP contribution in [0.2, 0.25) is 0 Å². The van der Waals surface area contributed by atoms with Crippen LogP contribution in [0.3, 0.4) is 0 Å². The smallest absolute Gasteiger partial charge is 0.123 e. The zero-order valence-corrected chi connectivity index (χ0v) is 19.6. The number of H-pyrrole nitrogens is 1. The largest absolute Gasteiger partial charge is 0.497 e. The molecule has 0 aliphatic rings. The van der Waals surface area contributed by atoms with Crippen LogP contribution in [0.15, 0.2) is 54.7 Å². The summed E-state index contributed by atoms with van der Waals surface area (Å²) in [5, 5.41) is 10.6. The molecule has 32 heavy (non-hydrogen) atoms. The van der Waals surface area contributed by atoms with Crippen molar-refractivity contribution in [2.24, 2.45) is 0 Å². The maximum Gasteiger partial charge on any atom is 0.123 e. The van der Waals surface area contributed by atoms with Crippen molar-refractivity contribution in [2.45, 2.75) is 13.5 Å². The summed E-state index contributed by atoms with van der Waals surface area (Å²) in [6, 6.07) is 16.4. The number of ether oxygens (including phenoxy) is 2. The highest BCUT2D eigenvalue weighted by Gasteiger charge is 2.11. The Bertz CT molecular complexity index is 942. The minimum absolute atomic E-state index is 0.604. The van der Waals surface area contributed by atoms with Gasteiger partial charge in [-0.25, -0.2) is 0 Å². The van der Waals surface area contributed by atoms with Gasteiger partial charge in [0.15, 0.2) is 0 Å². The van der Waals surface area contributed by atoms with Crippen molar-refractivity contribution < 1.29 is 9.47 Å². The van der Waals surface area contributed by atoms with Crippen molar-refractivity contribution in [1.82, 2.24) is 20.4 Å². The number of aromatic amines is 1. The van der Waals surface area contributed by atoms with Crippen LogP contribution in [0.1, 0.15) is 12.5 Å². The highest BCUT2D eigenvalue weighted by Crippen LogP contribution is 2.25. The molecule has 172 valence electrons. The molecule has 3 rings (SSSR count). The number of rotatable bonds is 13. The van der Waals surface area contributed by atoms with E-state index in [2.05, 4.69) is 63.6 Å². The first-order valence-corrected chi connectivity index (χ1v) is 11.1. The third-order valence-corrected chi connectivity index (χ3v) is 5.48. The lowest BCUT2D eigenvalue weighted by molar-refractivity contribution is 0.321. The zero-order chi connectivity index (χ0) is 22.8. The predicted molar refractivity (Wildman–Crippen MR) is 131 cm³/mol. The lowest BCUT2D eigenvalue weighted by Gasteiger charge is -2.23. The van der Waals surface area contributed by atoms with Crippen LogP contribution < -0.4 is 19.7 Å². The maximum atomic E-state index is 5.92. The first-order valence-electron chi connectivity index (χ1n) is 11.1. The van der Waals surface area contributed by atoms with Gasteiger partial charge >= 0.3 is 0 Å². The van der Waals surface area contributed by atoms with Crippen LogP contribution in [0, 0.1) is 0 Å². The molecule has 7 nitrogen and oxygen atoms in total. The van der Waals surface area contributed by atoms with Crippen LogP contribution in [-0.2, 0) is 6.54 Å². The monoisotopic (exact) mass is 437 g/mol. The van der Waals surface area contributed by atoms with Gasteiger partial charge in [-0.05, 0) is 45.3 Å². The zero-order valence-electron chi connectivity index (χ0n) is 19.6. The summed E-state index contributed by atoms with van der Waals surface area (Å²) < 4.78 is 11.2. The van der Waals surface area contributed by atoms with E-state index in [9.17, 15) is 0 Å². The number of nitrogens with zero attached hydrogens (tertiary/aromatic N) is 3. The average molecular weight is 438 g/mol. The molecule has 0 atom stereocenters. The van der Waals surface area contributed by atoms with Crippen molar-refractivity contribution >= 4 is 5.69 Å². The van der Waals surface area contributed by atoms with Gasteiger partial charge in [0.25, 0.3) is 0 Å². The van der Waals surface area contributed by atoms with Gasteiger partial charge in [0, 0.05) is 49.1 Å². The van der Waals surface area contributed by atoms with E-state index >= 15 is 0 Å². The van der Waals surface area contributed by atoms with Gasteiger partial charge in [0.1, 0.15) is 18.1 Å². The molecule has 0 spiro atoms. The first kappa shape index (κ1) is 23.6. The first-order chi connectivity index (χ1) is 15.6. The minimum Gasteiger partial charge on any atom is -0.497 e. The molecule has 0 saturated heterocycles. The molecule has 3 aromatic rings. The Kier molecular flexibility index (Phi) is 8.95. The molecular formula is C25H35N5O2. The highest BCUT2D eigenvalue weighted by atomic mass is 16.5. The number of hydrogen-bond donors (Lipinski definition) is 2. The lowest BCUT2D eigenvalue weighted by Crippen LogP contribution is -2.28. The van der Waals surface area contributed by atoms with Crippen LogP contribution in [0.4, 0.5) is 5.69 Å². The SMILES string of the molecule is CCN(CCOc1cccc(OC)c1)c1ccc(-c2[nH]ncc2CN(C)CCNC)cc1. The molecule has 1 aromatic heterocycles. The van der Waals surface area contributed by atoms with Crippen molar-refractivity contribution in [3.05, 3.63) is 60.3 Å². The molecule has 0 amide bonds. The number of anilines is 1. The summed E-state index contributed by atoms with van der Waals surface area (Å²) >= 11 is 0. The summed E-state index contributed by atoms with van der Waals surface area (Å²) in [5.41, 5.74) is 4.61. The van der Waals surface area contributed by atoms with Gasteiger partial charge in [-0.3, -0.25) is 5.10 Å². The summed E-state index contributed by atoms with van der Waals surface area (Å²) in [5.74, 6) is 1.62. The number of aromatic nitrogens is 2. The molecular weight excluding hydrogens is 402 g/mol. The Balaban J connectivity index is 1.60. The fourth-order valence-corrected chi connectivity index (χ4v) is 3.63. The highest BCUT2D eigenvalue weighted by molar-refractivity contribution is 5.65. The van der Waals surface area contributed by atoms with Crippen LogP contribution in [0.25, 0.3) is 11.3 Å². The molecule has 2 aromatic carbocycles. The number of benzene rings is 2. The molecule has 0 unspecified atom stereocenters. The van der Waals surface area contributed by atoms with Gasteiger partial charge < -0.3 is 24.6 Å². The predicted octanol–water partition coefficient (Wildman–Crippen LogP) is 3.64. The Morgan fingerprint density at radius 3 is 2.56 bits per heavy atom. The number of nitrogens with one attached hydrogen (secondary N) is 2. The van der Waals surface area contributed by atoms with E-state index in [0.717, 1.165) is 55.5 Å². The van der Waals surface area contributed by atoms with Gasteiger partial charge in [0.05, 0.1) is 25.5 Å². The molecule has 2 N–H and O–H groups in total. The van der Waals surface area contributed by atoms with E-state index in [1.165, 1.54) is 11.3 Å². The van der Waals surface area contributed by atoms with Crippen LogP contribution in [-0.4, -0.2) is 69.1 Å². The topological polar surface area (TPSA) is 65.7 Å². The lowest BCUT2D eigenvalue weighted by atomic mass is 10.1. The third-order valence-electron chi connectivity index (χ3n) is 5.48. The molecule has 0 aliphatic heterocycles. The van der Waals surface area contributed by atoms with Crippen molar-refractivity contribution in [3.8, 4) is 22.8 Å². The fourth-order valence-electron chi connectivity index (χ4n) is 3.63. The summed E-state index contributed by atoms with van der Waals surface area (Å²) in [6.07, 6.45) is 1.92. The van der Waals surface area contributed by atoms with E-state index in [1.54, 1.807) is 7.11 Å². The van der Waals surface area contributed by atoms with Crippen molar-refractivity contribution in [1.29, 1.82) is 0 Å². The van der Waals surface area contributed by atoms with E-state index < -0.39 is 0 Å². The van der Waals surface area contributed by atoms with E-state index in [4.69, 9.17) is 9.47 Å². The number of hydrogen-bond acceptors (Lipinski definition) is 6. The van der Waals surface area contributed by atoms with E-state index in [0.29, 0.717) is 6.61 Å². The molecule has 0 radical (unpaired) electrons. The van der Waals surface area contributed by atoms with E-state index in [1.807, 2.05) is 37.5 Å². The molecule has 0 fully saturated rings. The van der Waals surface area contributed by atoms with Crippen LogP contribution >= 0.6 is 0 Å². The van der Waals surface area contributed by atoms with Gasteiger partial charge in [-0.15, -0.1) is 0 Å². The maximum absolute atomic E-state index is 5.92. The van der Waals surface area contributed by atoms with Gasteiger partial charge in [-0.1, -0.05) is 18.2 Å².